The van der Waals surface area contributed by atoms with Crippen LogP contribution in [0.1, 0.15) is 0 Å². The number of rotatable bonds is 24. The van der Waals surface area contributed by atoms with Gasteiger partial charge in [0.25, 0.3) is 0 Å². The molecule has 12 heteroatoms. The summed E-state index contributed by atoms with van der Waals surface area (Å²) in [6.45, 7) is 2.68. The number of nitrogens with zero attached hydrogens (tertiary/aromatic N) is 2. The molecular formula is C34H50N2O9Si. The van der Waals surface area contributed by atoms with Gasteiger partial charge in [0.2, 0.25) is 0 Å². The lowest BCUT2D eigenvalue weighted by Crippen LogP contribution is -2.49. The fourth-order valence-electron chi connectivity index (χ4n) is 4.87. The van der Waals surface area contributed by atoms with Crippen LogP contribution >= 0.6 is 0 Å². The summed E-state index contributed by atoms with van der Waals surface area (Å²) in [6, 6.07) is 28.5. The fourth-order valence-corrected chi connectivity index (χ4v) is 6.57. The molecule has 0 aromatic heterocycles. The highest BCUT2D eigenvalue weighted by Gasteiger charge is 2.38. The second kappa shape index (κ2) is 21.0. The highest BCUT2D eigenvalue weighted by molar-refractivity contribution is 6.60. The van der Waals surface area contributed by atoms with Crippen LogP contribution in [0.15, 0.2) is 91.0 Å². The molecule has 46 heavy (non-hydrogen) atoms. The molecular weight excluding hydrogens is 608 g/mol. The summed E-state index contributed by atoms with van der Waals surface area (Å²) in [5.41, 5.74) is 0. The molecule has 0 fully saturated rings. The number of para-hydroxylation sites is 3. The number of benzene rings is 3. The van der Waals surface area contributed by atoms with Crippen molar-refractivity contribution in [1.29, 1.82) is 0 Å². The van der Waals surface area contributed by atoms with Gasteiger partial charge in [-0.25, -0.2) is 0 Å². The van der Waals surface area contributed by atoms with E-state index < -0.39 is 27.1 Å². The Morgan fingerprint density at radius 2 is 0.826 bits per heavy atom. The van der Waals surface area contributed by atoms with E-state index >= 15 is 0 Å². The van der Waals surface area contributed by atoms with E-state index in [1.807, 2.05) is 95.9 Å². The van der Waals surface area contributed by atoms with E-state index in [0.29, 0.717) is 49.5 Å². The highest BCUT2D eigenvalue weighted by Crippen LogP contribution is 2.15. The van der Waals surface area contributed by atoms with Crippen LogP contribution in [-0.2, 0) is 13.3 Å². The van der Waals surface area contributed by atoms with Gasteiger partial charge >= 0.3 is 8.80 Å². The minimum Gasteiger partial charge on any atom is -0.491 e. The molecule has 0 radical (unpaired) electrons. The Morgan fingerprint density at radius 3 is 1.17 bits per heavy atom. The third kappa shape index (κ3) is 14.2. The Bertz CT molecular complexity index is 1120. The zero-order chi connectivity index (χ0) is 33.0. The van der Waals surface area contributed by atoms with Crippen LogP contribution in [0.2, 0.25) is 6.04 Å². The quantitative estimate of drug-likeness (QED) is 0.123. The number of aliphatic hydroxyl groups excluding tert-OH is 3. The molecule has 0 spiro atoms. The number of ether oxygens (including phenoxy) is 3. The molecule has 3 aromatic carbocycles. The minimum absolute atomic E-state index is 0.0972. The molecule has 0 aliphatic rings. The van der Waals surface area contributed by atoms with Crippen LogP contribution in [0.25, 0.3) is 0 Å². The van der Waals surface area contributed by atoms with E-state index in [1.165, 1.54) is 0 Å². The predicted octanol–water partition coefficient (Wildman–Crippen LogP) is 2.79. The average molecular weight is 659 g/mol. The van der Waals surface area contributed by atoms with Crippen molar-refractivity contribution in [1.82, 2.24) is 9.80 Å². The van der Waals surface area contributed by atoms with E-state index in [-0.39, 0.29) is 32.9 Å². The maximum Gasteiger partial charge on any atom is 0.501 e. The van der Waals surface area contributed by atoms with Crippen LogP contribution in [0.4, 0.5) is 0 Å². The third-order valence-corrected chi connectivity index (χ3v) is 10.1. The lowest BCUT2D eigenvalue weighted by molar-refractivity contribution is 0.0226. The molecule has 3 unspecified atom stereocenters. The van der Waals surface area contributed by atoms with Gasteiger partial charge in [-0.1, -0.05) is 54.6 Å². The Hall–Kier alpha value is -3.04. The molecule has 0 aliphatic heterocycles. The first kappa shape index (κ1) is 37.4. The van der Waals surface area contributed by atoms with Crippen molar-refractivity contribution in [2.45, 2.75) is 24.4 Å². The monoisotopic (exact) mass is 658 g/mol. The van der Waals surface area contributed by atoms with Gasteiger partial charge in [0.05, 0.1) is 0 Å². The van der Waals surface area contributed by atoms with Crippen molar-refractivity contribution in [2.75, 3.05) is 80.4 Å². The van der Waals surface area contributed by atoms with Crippen molar-refractivity contribution in [2.24, 2.45) is 0 Å². The SMILES string of the molecule is CO[Si](CCN(CCN(CC(O)COc1ccccc1)CC(O)COc1ccccc1)CC(O)COc1ccccc1)(OC)OC. The number of hydrogen-bond donors (Lipinski definition) is 3. The summed E-state index contributed by atoms with van der Waals surface area (Å²) in [5.74, 6) is 2.02. The summed E-state index contributed by atoms with van der Waals surface area (Å²) in [6.07, 6.45) is -2.39. The summed E-state index contributed by atoms with van der Waals surface area (Å²) >= 11 is 0. The van der Waals surface area contributed by atoms with Crippen molar-refractivity contribution < 1.29 is 42.8 Å². The van der Waals surface area contributed by atoms with Crippen molar-refractivity contribution in [3.05, 3.63) is 91.0 Å². The van der Waals surface area contributed by atoms with Crippen molar-refractivity contribution in [3.8, 4) is 17.2 Å². The second-order valence-corrected chi connectivity index (χ2v) is 14.0. The lowest BCUT2D eigenvalue weighted by Gasteiger charge is -2.33. The highest BCUT2D eigenvalue weighted by atomic mass is 28.4. The maximum absolute atomic E-state index is 10.9. The molecule has 0 aliphatic carbocycles. The normalized spacial score (nSPS) is 13.8. The Morgan fingerprint density at radius 1 is 0.500 bits per heavy atom. The molecule has 0 saturated heterocycles. The first-order valence-electron chi connectivity index (χ1n) is 15.5. The zero-order valence-corrected chi connectivity index (χ0v) is 28.1. The Balaban J connectivity index is 1.65. The lowest BCUT2D eigenvalue weighted by atomic mass is 10.2. The zero-order valence-electron chi connectivity index (χ0n) is 27.1. The van der Waals surface area contributed by atoms with E-state index in [0.717, 1.165) is 0 Å². The number of hydrogen-bond acceptors (Lipinski definition) is 11. The summed E-state index contributed by atoms with van der Waals surface area (Å²) in [7, 11) is 1.85. The topological polar surface area (TPSA) is 123 Å². The van der Waals surface area contributed by atoms with Gasteiger partial charge in [-0.05, 0) is 36.4 Å². The standard InChI is InChI=1S/C34H50N2O9Si/c1-40-46(41-2,42-3)22-21-35(23-29(37)26-43-32-13-7-4-8-14-32)19-20-36(24-30(38)27-44-33-15-9-5-10-16-33)25-31(39)28-45-34-17-11-6-12-18-34/h4-18,29-31,37-39H,19-28H2,1-3H3. The molecule has 3 atom stereocenters. The van der Waals surface area contributed by atoms with Crippen LogP contribution in [0, 0.1) is 0 Å². The van der Waals surface area contributed by atoms with Crippen LogP contribution in [0.3, 0.4) is 0 Å². The fraction of sp³-hybridized carbons (Fsp3) is 0.471. The largest absolute Gasteiger partial charge is 0.501 e. The maximum atomic E-state index is 10.9. The summed E-state index contributed by atoms with van der Waals surface area (Å²) < 4.78 is 34.2. The molecule has 11 nitrogen and oxygen atoms in total. The van der Waals surface area contributed by atoms with Gasteiger partial charge in [0.1, 0.15) is 55.4 Å². The van der Waals surface area contributed by atoms with E-state index in [4.69, 9.17) is 27.5 Å². The Labute approximate surface area is 274 Å². The van der Waals surface area contributed by atoms with Crippen LogP contribution in [-0.4, -0.2) is 133 Å². The molecule has 0 amide bonds. The van der Waals surface area contributed by atoms with Crippen LogP contribution in [0.5, 0.6) is 17.2 Å². The first-order chi connectivity index (χ1) is 22.3. The minimum atomic E-state index is -2.88. The average Bonchev–Trinajstić information content (AvgIpc) is 3.09. The number of aliphatic hydroxyl groups is 3. The molecule has 3 N–H and O–H groups in total. The first-order valence-corrected chi connectivity index (χ1v) is 17.5. The van der Waals surface area contributed by atoms with E-state index in [1.54, 1.807) is 21.3 Å². The van der Waals surface area contributed by atoms with Gasteiger partial charge in [-0.3, -0.25) is 9.80 Å². The third-order valence-electron chi connectivity index (χ3n) is 7.36. The van der Waals surface area contributed by atoms with E-state index in [9.17, 15) is 15.3 Å². The molecule has 0 heterocycles. The predicted molar refractivity (Wildman–Crippen MR) is 178 cm³/mol. The summed E-state index contributed by atoms with van der Waals surface area (Å²) in [5, 5.41) is 32.7. The van der Waals surface area contributed by atoms with Gasteiger partial charge < -0.3 is 42.8 Å². The second-order valence-electron chi connectivity index (χ2n) is 10.9. The molecule has 3 aromatic rings. The molecule has 3 rings (SSSR count). The molecule has 0 bridgehead atoms. The summed E-state index contributed by atoms with van der Waals surface area (Å²) in [4.78, 5) is 4.07. The van der Waals surface area contributed by atoms with Crippen molar-refractivity contribution in [3.63, 3.8) is 0 Å². The molecule has 0 saturated carbocycles. The van der Waals surface area contributed by atoms with Gasteiger partial charge in [-0.15, -0.1) is 0 Å². The van der Waals surface area contributed by atoms with Gasteiger partial charge in [0, 0.05) is 66.6 Å². The smallest absolute Gasteiger partial charge is 0.491 e. The van der Waals surface area contributed by atoms with Crippen LogP contribution < -0.4 is 14.2 Å². The molecule has 254 valence electrons. The van der Waals surface area contributed by atoms with Crippen molar-refractivity contribution >= 4 is 8.80 Å². The van der Waals surface area contributed by atoms with Gasteiger partial charge in [0.15, 0.2) is 0 Å². The van der Waals surface area contributed by atoms with E-state index in [2.05, 4.69) is 4.90 Å². The van der Waals surface area contributed by atoms with Gasteiger partial charge in [-0.2, -0.15) is 0 Å². The Kier molecular flexibility index (Phi) is 17.0.